The van der Waals surface area contributed by atoms with Gasteiger partial charge >= 0.3 is 18.0 Å². The second kappa shape index (κ2) is 12.3. The summed E-state index contributed by atoms with van der Waals surface area (Å²) in [6, 6.07) is -1.07. The summed E-state index contributed by atoms with van der Waals surface area (Å²) in [7, 11) is 0. The fourth-order valence-corrected chi connectivity index (χ4v) is 6.04. The molecular formula is C24H30N6O9S2. The number of likely N-dealkylation sites (tertiary alicyclic amines) is 1. The number of nitrogens with zero attached hydrogens (tertiary/aromatic N) is 4. The van der Waals surface area contributed by atoms with Gasteiger partial charge in [0.25, 0.3) is 11.8 Å². The Hall–Kier alpha value is -3.86. The number of hydrogen-bond acceptors (Lipinski definition) is 14. The van der Waals surface area contributed by atoms with Crippen molar-refractivity contribution in [2.45, 2.75) is 45.0 Å². The molecular weight excluding hydrogens is 580 g/mol. The summed E-state index contributed by atoms with van der Waals surface area (Å²) in [6.45, 7) is 5.10. The van der Waals surface area contributed by atoms with Crippen molar-refractivity contribution in [3.63, 3.8) is 0 Å². The summed E-state index contributed by atoms with van der Waals surface area (Å²) in [5.41, 5.74) is 4.52. The van der Waals surface area contributed by atoms with E-state index in [2.05, 4.69) is 15.5 Å². The van der Waals surface area contributed by atoms with E-state index in [4.69, 9.17) is 19.9 Å². The molecule has 1 aromatic heterocycles. The Morgan fingerprint density at radius 3 is 2.51 bits per heavy atom. The summed E-state index contributed by atoms with van der Waals surface area (Å²) in [5, 5.41) is 15.7. The van der Waals surface area contributed by atoms with Crippen LogP contribution >= 0.6 is 23.1 Å². The van der Waals surface area contributed by atoms with Crippen molar-refractivity contribution in [2.24, 2.45) is 10.6 Å². The largest absolute Gasteiger partial charge is 0.445 e. The highest BCUT2D eigenvalue weighted by Gasteiger charge is 2.55. The normalized spacial score (nSPS) is 20.8. The maximum atomic E-state index is 13.2. The highest BCUT2D eigenvalue weighted by Crippen LogP contribution is 2.41. The standard InChI is InChI=1S/C24H30N6O9S2/c1-24(2,3)21(34)39-11-38-20(33)16-12(8-37-23(35)29-6-4-5-7-29)9-40-19-15(18(32)30(16)19)27-17(31)14(28-36)13-10-41-22(25)26-13/h10,15,19,36H,4-9,11H2,1-3H3,(H2,25,26)(H,27,31)/b28-14+/t15?,19-/m1/s1. The number of fused-ring (bicyclic) bond motifs is 1. The van der Waals surface area contributed by atoms with Crippen LogP contribution < -0.4 is 11.1 Å². The van der Waals surface area contributed by atoms with Gasteiger partial charge in [0, 0.05) is 29.8 Å². The lowest BCUT2D eigenvalue weighted by Crippen LogP contribution is -2.71. The Morgan fingerprint density at radius 2 is 1.90 bits per heavy atom. The van der Waals surface area contributed by atoms with Gasteiger partial charge in [0.1, 0.15) is 29.4 Å². The number of β-lactam (4-membered cyclic amide) rings is 1. The number of thiazole rings is 1. The molecule has 3 aliphatic heterocycles. The topological polar surface area (TPSA) is 203 Å². The number of nitrogens with one attached hydrogen (secondary N) is 1. The molecule has 0 radical (unpaired) electrons. The Bertz CT molecular complexity index is 1300. The monoisotopic (exact) mass is 610 g/mol. The first-order valence-corrected chi connectivity index (χ1v) is 14.5. The lowest BCUT2D eigenvalue weighted by molar-refractivity contribution is -0.173. The van der Waals surface area contributed by atoms with E-state index in [0.29, 0.717) is 18.7 Å². The van der Waals surface area contributed by atoms with Gasteiger partial charge in [-0.05, 0) is 33.6 Å². The average Bonchev–Trinajstić information content (AvgIpc) is 3.62. The number of esters is 2. The maximum absolute atomic E-state index is 13.2. The molecule has 2 fully saturated rings. The van der Waals surface area contributed by atoms with Gasteiger partial charge in [-0.1, -0.05) is 5.16 Å². The van der Waals surface area contributed by atoms with E-state index in [-0.39, 0.29) is 28.9 Å². The molecule has 222 valence electrons. The highest BCUT2D eigenvalue weighted by atomic mass is 32.2. The minimum absolute atomic E-state index is 0.0310. The minimum Gasteiger partial charge on any atom is -0.445 e. The first-order chi connectivity index (χ1) is 19.4. The van der Waals surface area contributed by atoms with Crippen molar-refractivity contribution in [1.82, 2.24) is 20.1 Å². The molecule has 4 heterocycles. The summed E-state index contributed by atoms with van der Waals surface area (Å²) in [6.07, 6.45) is 1.20. The first kappa shape index (κ1) is 30.1. The number of hydrogen-bond donors (Lipinski definition) is 3. The lowest BCUT2D eigenvalue weighted by Gasteiger charge is -2.49. The smallest absolute Gasteiger partial charge is 0.410 e. The third kappa shape index (κ3) is 6.56. The molecule has 0 bridgehead atoms. The zero-order valence-corrected chi connectivity index (χ0v) is 24.2. The average molecular weight is 611 g/mol. The van der Waals surface area contributed by atoms with Crippen LogP contribution in [0.25, 0.3) is 0 Å². The van der Waals surface area contributed by atoms with Gasteiger partial charge in [0.15, 0.2) is 10.8 Å². The van der Waals surface area contributed by atoms with Gasteiger partial charge in [-0.25, -0.2) is 14.6 Å². The van der Waals surface area contributed by atoms with Crippen molar-refractivity contribution in [3.8, 4) is 0 Å². The molecule has 4 rings (SSSR count). The summed E-state index contributed by atoms with van der Waals surface area (Å²) < 4.78 is 15.6. The predicted octanol–water partition coefficient (Wildman–Crippen LogP) is 0.880. The van der Waals surface area contributed by atoms with Gasteiger partial charge in [0.05, 0.1) is 5.41 Å². The second-order valence-corrected chi connectivity index (χ2v) is 12.3. The van der Waals surface area contributed by atoms with E-state index in [1.807, 2.05) is 0 Å². The van der Waals surface area contributed by atoms with E-state index < -0.39 is 59.2 Å². The number of rotatable bonds is 8. The van der Waals surface area contributed by atoms with E-state index in [1.54, 1.807) is 25.7 Å². The molecule has 4 N–H and O–H groups in total. The number of carbonyl (C=O) groups is 5. The van der Waals surface area contributed by atoms with Crippen LogP contribution in [0.5, 0.6) is 0 Å². The van der Waals surface area contributed by atoms with Crippen LogP contribution in [0.1, 0.15) is 39.3 Å². The van der Waals surface area contributed by atoms with Gasteiger partial charge in [0.2, 0.25) is 6.79 Å². The quantitative estimate of drug-likeness (QED) is 0.0938. The van der Waals surface area contributed by atoms with Crippen LogP contribution in [0.15, 0.2) is 21.8 Å². The number of nitrogens with two attached hydrogens (primary N) is 1. The molecule has 1 aromatic rings. The summed E-state index contributed by atoms with van der Waals surface area (Å²) in [4.78, 5) is 70.3. The Kier molecular flexibility index (Phi) is 9.06. The van der Waals surface area contributed by atoms with Gasteiger partial charge < -0.3 is 35.4 Å². The number of carbonyl (C=O) groups excluding carboxylic acids is 5. The van der Waals surface area contributed by atoms with Gasteiger partial charge in [-0.2, -0.15) is 0 Å². The van der Waals surface area contributed by atoms with Crippen molar-refractivity contribution >= 4 is 63.8 Å². The number of anilines is 1. The number of aromatic nitrogens is 1. The molecule has 2 atom stereocenters. The molecule has 0 aliphatic carbocycles. The molecule has 15 nitrogen and oxygen atoms in total. The van der Waals surface area contributed by atoms with E-state index in [1.165, 1.54) is 17.1 Å². The minimum atomic E-state index is -1.07. The van der Waals surface area contributed by atoms with Crippen LogP contribution in [0.3, 0.4) is 0 Å². The molecule has 17 heteroatoms. The van der Waals surface area contributed by atoms with Crippen LogP contribution in [-0.2, 0) is 33.4 Å². The third-order valence-electron chi connectivity index (χ3n) is 6.33. The highest BCUT2D eigenvalue weighted by molar-refractivity contribution is 8.00. The molecule has 0 saturated carbocycles. The number of ether oxygens (including phenoxy) is 3. The number of oxime groups is 1. The van der Waals surface area contributed by atoms with Crippen LogP contribution in [0.2, 0.25) is 0 Å². The van der Waals surface area contributed by atoms with Crippen LogP contribution in [-0.4, -0.2) is 99.2 Å². The SMILES string of the molecule is CC(C)(C)C(=O)OCOC(=O)C1=C(COC(=O)N2CCCC2)CS[C@@H]2C(NC(=O)/C(=N/O)c3csc(N)n3)C(=O)N12. The van der Waals surface area contributed by atoms with E-state index in [9.17, 15) is 29.2 Å². The molecule has 3 amide bonds. The molecule has 0 aromatic carbocycles. The number of amides is 3. The molecule has 3 aliphatic rings. The summed E-state index contributed by atoms with van der Waals surface area (Å²) in [5.74, 6) is -2.90. The molecule has 2 saturated heterocycles. The number of nitrogen functional groups attached to an aromatic ring is 1. The second-order valence-electron chi connectivity index (χ2n) is 10.3. The van der Waals surface area contributed by atoms with Gasteiger partial charge in [-0.15, -0.1) is 23.1 Å². The zero-order valence-electron chi connectivity index (χ0n) is 22.6. The Morgan fingerprint density at radius 1 is 1.20 bits per heavy atom. The molecule has 1 unspecified atom stereocenters. The van der Waals surface area contributed by atoms with Crippen molar-refractivity contribution in [2.75, 3.05) is 38.0 Å². The maximum Gasteiger partial charge on any atom is 0.410 e. The van der Waals surface area contributed by atoms with E-state index >= 15 is 0 Å². The Balaban J connectivity index is 1.49. The Labute approximate surface area is 243 Å². The molecule has 41 heavy (non-hydrogen) atoms. The van der Waals surface area contributed by atoms with Crippen LogP contribution in [0.4, 0.5) is 9.93 Å². The fourth-order valence-electron chi connectivity index (χ4n) is 4.16. The third-order valence-corrected chi connectivity index (χ3v) is 8.35. The number of thioether (sulfide) groups is 1. The van der Waals surface area contributed by atoms with Crippen molar-refractivity contribution in [3.05, 3.63) is 22.3 Å². The van der Waals surface area contributed by atoms with E-state index in [0.717, 1.165) is 29.1 Å². The lowest BCUT2D eigenvalue weighted by atomic mass is 9.98. The zero-order chi connectivity index (χ0) is 29.9. The van der Waals surface area contributed by atoms with Crippen molar-refractivity contribution < 1.29 is 43.4 Å². The fraction of sp³-hybridized carbons (Fsp3) is 0.542. The predicted molar refractivity (Wildman–Crippen MR) is 146 cm³/mol. The summed E-state index contributed by atoms with van der Waals surface area (Å²) >= 11 is 2.27. The molecule has 0 spiro atoms. The van der Waals surface area contributed by atoms with Gasteiger partial charge in [-0.3, -0.25) is 19.3 Å². The first-order valence-electron chi connectivity index (χ1n) is 12.6. The van der Waals surface area contributed by atoms with Crippen LogP contribution in [0, 0.1) is 5.41 Å². The van der Waals surface area contributed by atoms with Crippen molar-refractivity contribution in [1.29, 1.82) is 0 Å².